The van der Waals surface area contributed by atoms with Gasteiger partial charge in [0, 0.05) is 24.9 Å². The largest absolute Gasteiger partial charge is 0.480 e. The molecule has 3 amide bonds. The lowest BCUT2D eigenvalue weighted by Gasteiger charge is -2.24. The SMILES string of the molecule is NCCCCC(NC(=O)C(Cc1cnc[nH]1)NC(=O)C(N)CCCN=C(N)N)C(=O)NCC(=O)O. The van der Waals surface area contributed by atoms with Crippen LogP contribution in [0.3, 0.4) is 0 Å². The number of H-pyrrole nitrogens is 1. The molecular formula is C20H36N10O5. The summed E-state index contributed by atoms with van der Waals surface area (Å²) < 4.78 is 0. The van der Waals surface area contributed by atoms with Crippen LogP contribution in [0, 0.1) is 0 Å². The first-order valence-corrected chi connectivity index (χ1v) is 11.2. The summed E-state index contributed by atoms with van der Waals surface area (Å²) in [6, 6.07) is -3.00. The number of imidazole rings is 1. The van der Waals surface area contributed by atoms with E-state index in [9.17, 15) is 19.2 Å². The maximum absolute atomic E-state index is 13.1. The molecule has 0 bridgehead atoms. The van der Waals surface area contributed by atoms with Gasteiger partial charge in [0.2, 0.25) is 17.7 Å². The van der Waals surface area contributed by atoms with E-state index >= 15 is 0 Å². The van der Waals surface area contributed by atoms with Crippen molar-refractivity contribution in [1.29, 1.82) is 0 Å². The molecule has 0 radical (unpaired) electrons. The van der Waals surface area contributed by atoms with Crippen molar-refractivity contribution in [2.24, 2.45) is 27.9 Å². The molecule has 0 aliphatic heterocycles. The Kier molecular flexibility index (Phi) is 13.4. The van der Waals surface area contributed by atoms with Crippen molar-refractivity contribution in [3.8, 4) is 0 Å². The zero-order chi connectivity index (χ0) is 26.2. The summed E-state index contributed by atoms with van der Waals surface area (Å²) in [7, 11) is 0. The summed E-state index contributed by atoms with van der Waals surface area (Å²) in [6.07, 6.45) is 5.10. The van der Waals surface area contributed by atoms with Crippen molar-refractivity contribution in [3.63, 3.8) is 0 Å². The van der Waals surface area contributed by atoms with Crippen LogP contribution in [0.1, 0.15) is 37.8 Å². The van der Waals surface area contributed by atoms with Crippen molar-refractivity contribution in [1.82, 2.24) is 25.9 Å². The van der Waals surface area contributed by atoms with E-state index in [1.807, 2.05) is 0 Å². The highest BCUT2D eigenvalue weighted by atomic mass is 16.4. The molecule has 3 atom stereocenters. The second kappa shape index (κ2) is 16.0. The number of aromatic amines is 1. The van der Waals surface area contributed by atoms with Gasteiger partial charge in [0.05, 0.1) is 12.4 Å². The topological polar surface area (TPSA) is 270 Å². The minimum absolute atomic E-state index is 0.0601. The van der Waals surface area contributed by atoms with Gasteiger partial charge in [-0.05, 0) is 38.6 Å². The van der Waals surface area contributed by atoms with Crippen LogP contribution in [0.15, 0.2) is 17.5 Å². The molecule has 13 N–H and O–H groups in total. The Morgan fingerprint density at radius 3 is 2.34 bits per heavy atom. The Bertz CT molecular complexity index is 841. The molecule has 0 saturated carbocycles. The quantitative estimate of drug-likeness (QED) is 0.0586. The van der Waals surface area contributed by atoms with E-state index in [0.717, 1.165) is 0 Å². The van der Waals surface area contributed by atoms with Crippen LogP contribution in [0.25, 0.3) is 0 Å². The fourth-order valence-electron chi connectivity index (χ4n) is 3.07. The Morgan fingerprint density at radius 1 is 1.03 bits per heavy atom. The number of carbonyl (C=O) groups is 4. The number of carboxylic acids is 1. The number of nitrogens with two attached hydrogens (primary N) is 4. The normalized spacial score (nSPS) is 13.2. The molecule has 0 aliphatic rings. The molecule has 0 spiro atoms. The Labute approximate surface area is 202 Å². The van der Waals surface area contributed by atoms with E-state index < -0.39 is 48.4 Å². The van der Waals surface area contributed by atoms with Gasteiger partial charge in [-0.1, -0.05) is 0 Å². The molecular weight excluding hydrogens is 460 g/mol. The van der Waals surface area contributed by atoms with Gasteiger partial charge in [-0.25, -0.2) is 4.98 Å². The third-order valence-electron chi connectivity index (χ3n) is 4.91. The standard InChI is InChI=1S/C20H36N10O5/c21-6-2-1-5-14(18(34)27-10-16(31)32)29-19(35)15(8-12-9-25-11-28-12)30-17(33)13(22)4-3-7-26-20(23)24/h9,11,13-15H,1-8,10,21-22H2,(H,25,28)(H,27,34)(H,29,35)(H,30,33)(H,31,32)(H4,23,24,26). The van der Waals surface area contributed by atoms with Crippen molar-refractivity contribution in [3.05, 3.63) is 18.2 Å². The van der Waals surface area contributed by atoms with Crippen LogP contribution in [-0.4, -0.2) is 82.5 Å². The van der Waals surface area contributed by atoms with Crippen LogP contribution < -0.4 is 38.9 Å². The number of carbonyl (C=O) groups excluding carboxylic acids is 3. The van der Waals surface area contributed by atoms with Gasteiger partial charge in [0.1, 0.15) is 18.6 Å². The Morgan fingerprint density at radius 2 is 1.74 bits per heavy atom. The highest BCUT2D eigenvalue weighted by Crippen LogP contribution is 2.05. The van der Waals surface area contributed by atoms with E-state index in [0.29, 0.717) is 38.0 Å². The lowest BCUT2D eigenvalue weighted by molar-refractivity contribution is -0.138. The first-order valence-electron chi connectivity index (χ1n) is 11.2. The van der Waals surface area contributed by atoms with E-state index in [1.165, 1.54) is 12.5 Å². The lowest BCUT2D eigenvalue weighted by atomic mass is 10.1. The highest BCUT2D eigenvalue weighted by molar-refractivity contribution is 5.93. The number of hydrogen-bond donors (Lipinski definition) is 9. The molecule has 3 unspecified atom stereocenters. The lowest BCUT2D eigenvalue weighted by Crippen LogP contribution is -2.56. The smallest absolute Gasteiger partial charge is 0.322 e. The van der Waals surface area contributed by atoms with E-state index in [4.69, 9.17) is 28.0 Å². The molecule has 1 aromatic rings. The maximum Gasteiger partial charge on any atom is 0.322 e. The molecule has 196 valence electrons. The Hall–Kier alpha value is -3.72. The zero-order valence-electron chi connectivity index (χ0n) is 19.5. The van der Waals surface area contributed by atoms with Crippen molar-refractivity contribution >= 4 is 29.7 Å². The first kappa shape index (κ1) is 29.3. The van der Waals surface area contributed by atoms with Gasteiger partial charge in [0.15, 0.2) is 5.96 Å². The molecule has 0 saturated heterocycles. The van der Waals surface area contributed by atoms with Gasteiger partial charge in [0.25, 0.3) is 0 Å². The second-order valence-electron chi connectivity index (χ2n) is 7.85. The predicted molar refractivity (Wildman–Crippen MR) is 128 cm³/mol. The van der Waals surface area contributed by atoms with Crippen molar-refractivity contribution in [2.45, 2.75) is 56.7 Å². The van der Waals surface area contributed by atoms with Crippen molar-refractivity contribution < 1.29 is 24.3 Å². The first-order chi connectivity index (χ1) is 16.6. The fraction of sp³-hybridized carbons (Fsp3) is 0.600. The molecule has 1 heterocycles. The third kappa shape index (κ3) is 12.4. The minimum atomic E-state index is -1.22. The summed E-state index contributed by atoms with van der Waals surface area (Å²) in [6.45, 7) is 0.111. The maximum atomic E-state index is 13.1. The molecule has 0 fully saturated rings. The molecule has 15 heteroatoms. The predicted octanol–water partition coefficient (Wildman–Crippen LogP) is -3.37. The van der Waals surface area contributed by atoms with Crippen molar-refractivity contribution in [2.75, 3.05) is 19.6 Å². The van der Waals surface area contributed by atoms with Crippen LogP contribution >= 0.6 is 0 Å². The number of aliphatic imine (C=N–C) groups is 1. The summed E-state index contributed by atoms with van der Waals surface area (Å²) in [4.78, 5) is 59.6. The number of hydrogen-bond acceptors (Lipinski definition) is 8. The van der Waals surface area contributed by atoms with Gasteiger partial charge in [-0.2, -0.15) is 0 Å². The number of aliphatic carboxylic acids is 1. The molecule has 0 aromatic carbocycles. The van der Waals surface area contributed by atoms with Gasteiger partial charge < -0.3 is 49.0 Å². The monoisotopic (exact) mass is 496 g/mol. The number of unbranched alkanes of at least 4 members (excludes halogenated alkanes) is 1. The van der Waals surface area contributed by atoms with Crippen LogP contribution in [0.5, 0.6) is 0 Å². The van der Waals surface area contributed by atoms with Gasteiger partial charge >= 0.3 is 5.97 Å². The van der Waals surface area contributed by atoms with Crippen LogP contribution in [0.4, 0.5) is 0 Å². The number of carboxylic acid groups (broad SMARTS) is 1. The average Bonchev–Trinajstić information content (AvgIpc) is 3.32. The minimum Gasteiger partial charge on any atom is -0.480 e. The number of nitrogens with zero attached hydrogens (tertiary/aromatic N) is 2. The van der Waals surface area contributed by atoms with E-state index in [1.54, 1.807) is 0 Å². The molecule has 0 aliphatic carbocycles. The number of aromatic nitrogens is 2. The van der Waals surface area contributed by atoms with Crippen LogP contribution in [-0.2, 0) is 25.6 Å². The molecule has 35 heavy (non-hydrogen) atoms. The zero-order valence-corrected chi connectivity index (χ0v) is 19.5. The van der Waals surface area contributed by atoms with E-state index in [-0.39, 0.29) is 25.2 Å². The summed E-state index contributed by atoms with van der Waals surface area (Å²) in [5, 5.41) is 16.3. The summed E-state index contributed by atoms with van der Waals surface area (Å²) >= 11 is 0. The average molecular weight is 497 g/mol. The highest BCUT2D eigenvalue weighted by Gasteiger charge is 2.28. The summed E-state index contributed by atoms with van der Waals surface area (Å²) in [5.41, 5.74) is 22.6. The molecule has 15 nitrogen and oxygen atoms in total. The fourth-order valence-corrected chi connectivity index (χ4v) is 3.07. The van der Waals surface area contributed by atoms with Crippen LogP contribution in [0.2, 0.25) is 0 Å². The third-order valence-corrected chi connectivity index (χ3v) is 4.91. The van der Waals surface area contributed by atoms with Gasteiger partial charge in [-0.15, -0.1) is 0 Å². The number of rotatable bonds is 17. The summed E-state index contributed by atoms with van der Waals surface area (Å²) in [5.74, 6) is -3.13. The Balaban J connectivity index is 2.88. The molecule has 1 rings (SSSR count). The number of nitrogens with one attached hydrogen (secondary N) is 4. The van der Waals surface area contributed by atoms with E-state index in [2.05, 4.69) is 30.9 Å². The molecule has 1 aromatic heterocycles. The number of amides is 3. The number of guanidine groups is 1. The second-order valence-corrected chi connectivity index (χ2v) is 7.85. The van der Waals surface area contributed by atoms with Gasteiger partial charge in [-0.3, -0.25) is 24.2 Å².